The Morgan fingerprint density at radius 3 is 2.48 bits per heavy atom. The second-order valence-corrected chi connectivity index (χ2v) is 7.77. The maximum Gasteiger partial charge on any atom is 0.230 e. The van der Waals surface area contributed by atoms with Gasteiger partial charge in [-0.3, -0.25) is 9.78 Å². The van der Waals surface area contributed by atoms with Gasteiger partial charge in [0, 0.05) is 5.39 Å². The largest absolute Gasteiger partial charge is 0.324 e. The lowest BCUT2D eigenvalue weighted by atomic mass is 9.69. The van der Waals surface area contributed by atoms with E-state index in [1.165, 1.54) is 12.0 Å². The van der Waals surface area contributed by atoms with Crippen LogP contribution in [0.25, 0.3) is 10.9 Å². The molecule has 1 aliphatic rings. The summed E-state index contributed by atoms with van der Waals surface area (Å²) in [7, 11) is 0. The fraction of sp³-hybridized carbons (Fsp3) is 0.333. The third kappa shape index (κ3) is 3.73. The van der Waals surface area contributed by atoms with Crippen LogP contribution in [0.5, 0.6) is 0 Å². The zero-order chi connectivity index (χ0) is 18.7. The molecule has 1 fully saturated rings. The maximum absolute atomic E-state index is 13.4. The first-order valence-electron chi connectivity index (χ1n) is 9.88. The summed E-state index contributed by atoms with van der Waals surface area (Å²) in [5.41, 5.74) is 3.58. The van der Waals surface area contributed by atoms with E-state index >= 15 is 0 Å². The van der Waals surface area contributed by atoms with Crippen LogP contribution in [0, 0.1) is 12.3 Å². The van der Waals surface area contributed by atoms with Gasteiger partial charge in [-0.1, -0.05) is 67.8 Å². The Balaban J connectivity index is 1.63. The van der Waals surface area contributed by atoms with Crippen molar-refractivity contribution in [2.24, 2.45) is 5.41 Å². The van der Waals surface area contributed by atoms with Gasteiger partial charge < -0.3 is 5.32 Å². The number of pyridine rings is 1. The number of rotatable bonds is 4. The van der Waals surface area contributed by atoms with Crippen molar-refractivity contribution >= 4 is 22.5 Å². The molecular weight excluding hydrogens is 332 g/mol. The predicted molar refractivity (Wildman–Crippen MR) is 111 cm³/mol. The number of aromatic nitrogens is 1. The minimum Gasteiger partial charge on any atom is -0.324 e. The molecule has 0 spiro atoms. The molecule has 1 N–H and O–H groups in total. The molecule has 3 nitrogen and oxygen atoms in total. The van der Waals surface area contributed by atoms with E-state index in [2.05, 4.69) is 40.6 Å². The number of aryl methyl sites for hydroxylation is 1. The highest BCUT2D eigenvalue weighted by molar-refractivity contribution is 5.97. The van der Waals surface area contributed by atoms with Gasteiger partial charge in [0.15, 0.2) is 0 Å². The van der Waals surface area contributed by atoms with Gasteiger partial charge in [-0.25, -0.2) is 0 Å². The highest BCUT2D eigenvalue weighted by Gasteiger charge is 2.39. The molecule has 1 aliphatic carbocycles. The van der Waals surface area contributed by atoms with Gasteiger partial charge in [-0.05, 0) is 43.9 Å². The number of nitrogens with zero attached hydrogens (tertiary/aromatic N) is 1. The zero-order valence-corrected chi connectivity index (χ0v) is 15.9. The van der Waals surface area contributed by atoms with Crippen molar-refractivity contribution in [3.8, 4) is 0 Å². The van der Waals surface area contributed by atoms with Gasteiger partial charge in [0.1, 0.15) is 0 Å². The van der Waals surface area contributed by atoms with Crippen molar-refractivity contribution in [1.29, 1.82) is 0 Å². The number of carbonyl (C=O) groups excluding carboxylic acids is 1. The van der Waals surface area contributed by atoms with Crippen LogP contribution in [0.15, 0.2) is 60.7 Å². The van der Waals surface area contributed by atoms with E-state index in [0.29, 0.717) is 0 Å². The van der Waals surface area contributed by atoms with E-state index in [1.54, 1.807) is 0 Å². The normalized spacial score (nSPS) is 16.2. The molecule has 1 aromatic heterocycles. The monoisotopic (exact) mass is 358 g/mol. The Labute approximate surface area is 160 Å². The average molecular weight is 358 g/mol. The fourth-order valence-corrected chi connectivity index (χ4v) is 4.29. The van der Waals surface area contributed by atoms with Crippen LogP contribution in [0.2, 0.25) is 0 Å². The number of carbonyl (C=O) groups is 1. The summed E-state index contributed by atoms with van der Waals surface area (Å²) in [5, 5.41) is 4.29. The highest BCUT2D eigenvalue weighted by atomic mass is 16.2. The Kier molecular flexibility index (Phi) is 4.93. The number of amides is 1. The molecule has 138 valence electrons. The summed E-state index contributed by atoms with van der Waals surface area (Å²) < 4.78 is 0. The van der Waals surface area contributed by atoms with E-state index in [1.807, 2.05) is 37.3 Å². The van der Waals surface area contributed by atoms with Gasteiger partial charge in [0.05, 0.1) is 22.3 Å². The Hall–Kier alpha value is -2.68. The second-order valence-electron chi connectivity index (χ2n) is 7.77. The lowest BCUT2D eigenvalue weighted by Crippen LogP contribution is -2.40. The molecule has 1 heterocycles. The standard InChI is InChI=1S/C24H26N2O/c1-18-22(16-20-12-6-7-13-21(20)25-18)26-23(27)24(14-8-3-9-15-24)17-19-10-4-2-5-11-19/h2,4-7,10-13,16H,3,8-9,14-15,17H2,1H3,(H,26,27). The van der Waals surface area contributed by atoms with Crippen LogP contribution in [-0.4, -0.2) is 10.9 Å². The number of fused-ring (bicyclic) bond motifs is 1. The van der Waals surface area contributed by atoms with Gasteiger partial charge in [-0.15, -0.1) is 0 Å². The van der Waals surface area contributed by atoms with Crippen LogP contribution >= 0.6 is 0 Å². The molecule has 1 amide bonds. The molecule has 0 radical (unpaired) electrons. The first-order valence-corrected chi connectivity index (χ1v) is 9.88. The van der Waals surface area contributed by atoms with Gasteiger partial charge in [0.25, 0.3) is 0 Å². The molecule has 0 bridgehead atoms. The number of para-hydroxylation sites is 1. The molecule has 2 aromatic carbocycles. The summed E-state index contributed by atoms with van der Waals surface area (Å²) >= 11 is 0. The van der Waals surface area contributed by atoms with Crippen LogP contribution in [0.3, 0.4) is 0 Å². The van der Waals surface area contributed by atoms with Crippen molar-refractivity contribution in [1.82, 2.24) is 4.98 Å². The summed E-state index contributed by atoms with van der Waals surface area (Å²) in [5.74, 6) is 0.145. The summed E-state index contributed by atoms with van der Waals surface area (Å²) in [6.45, 7) is 1.97. The molecule has 0 atom stereocenters. The quantitative estimate of drug-likeness (QED) is 0.652. The lowest BCUT2D eigenvalue weighted by Gasteiger charge is -2.36. The summed E-state index contributed by atoms with van der Waals surface area (Å²) in [6.07, 6.45) is 6.17. The maximum atomic E-state index is 13.4. The number of benzene rings is 2. The highest BCUT2D eigenvalue weighted by Crippen LogP contribution is 2.40. The van der Waals surface area contributed by atoms with Crippen molar-refractivity contribution in [3.05, 3.63) is 71.9 Å². The van der Waals surface area contributed by atoms with Crippen molar-refractivity contribution in [3.63, 3.8) is 0 Å². The second kappa shape index (κ2) is 7.51. The van der Waals surface area contributed by atoms with Crippen molar-refractivity contribution in [2.45, 2.75) is 45.4 Å². The van der Waals surface area contributed by atoms with Crippen LogP contribution in [0.1, 0.15) is 43.4 Å². The molecule has 0 aliphatic heterocycles. The molecule has 3 aromatic rings. The molecular formula is C24H26N2O. The molecule has 3 heteroatoms. The lowest BCUT2D eigenvalue weighted by molar-refractivity contribution is -0.127. The number of hydrogen-bond acceptors (Lipinski definition) is 2. The molecule has 0 saturated heterocycles. The van der Waals surface area contributed by atoms with E-state index in [-0.39, 0.29) is 11.3 Å². The molecule has 0 unspecified atom stereocenters. The van der Waals surface area contributed by atoms with Crippen molar-refractivity contribution in [2.75, 3.05) is 5.32 Å². The fourth-order valence-electron chi connectivity index (χ4n) is 4.29. The topological polar surface area (TPSA) is 42.0 Å². The Morgan fingerprint density at radius 2 is 1.70 bits per heavy atom. The predicted octanol–water partition coefficient (Wildman–Crippen LogP) is 5.67. The van der Waals surface area contributed by atoms with Crippen LogP contribution in [-0.2, 0) is 11.2 Å². The minimum atomic E-state index is -0.322. The Morgan fingerprint density at radius 1 is 1.00 bits per heavy atom. The smallest absolute Gasteiger partial charge is 0.230 e. The number of anilines is 1. The van der Waals surface area contributed by atoms with Crippen LogP contribution < -0.4 is 5.32 Å². The average Bonchev–Trinajstić information content (AvgIpc) is 2.70. The Bertz CT molecular complexity index is 943. The van der Waals surface area contributed by atoms with Gasteiger partial charge in [-0.2, -0.15) is 0 Å². The summed E-state index contributed by atoms with van der Waals surface area (Å²) in [6, 6.07) is 20.5. The van der Waals surface area contributed by atoms with E-state index < -0.39 is 0 Å². The first kappa shape index (κ1) is 17.7. The van der Waals surface area contributed by atoms with E-state index in [9.17, 15) is 4.79 Å². The van der Waals surface area contributed by atoms with Crippen LogP contribution in [0.4, 0.5) is 5.69 Å². The zero-order valence-electron chi connectivity index (χ0n) is 15.9. The molecule has 27 heavy (non-hydrogen) atoms. The number of hydrogen-bond donors (Lipinski definition) is 1. The van der Waals surface area contributed by atoms with E-state index in [0.717, 1.165) is 54.4 Å². The third-order valence-electron chi connectivity index (χ3n) is 5.84. The SMILES string of the molecule is Cc1nc2ccccc2cc1NC(=O)C1(Cc2ccccc2)CCCCC1. The summed E-state index contributed by atoms with van der Waals surface area (Å²) in [4.78, 5) is 18.1. The third-order valence-corrected chi connectivity index (χ3v) is 5.84. The minimum absolute atomic E-state index is 0.145. The van der Waals surface area contributed by atoms with Gasteiger partial charge in [0.2, 0.25) is 5.91 Å². The van der Waals surface area contributed by atoms with Crippen molar-refractivity contribution < 1.29 is 4.79 Å². The van der Waals surface area contributed by atoms with E-state index in [4.69, 9.17) is 0 Å². The van der Waals surface area contributed by atoms with Gasteiger partial charge >= 0.3 is 0 Å². The molecule has 1 saturated carbocycles. The molecule has 4 rings (SSSR count). The first-order chi connectivity index (χ1) is 13.2. The number of nitrogens with one attached hydrogen (secondary N) is 1.